The van der Waals surface area contributed by atoms with E-state index >= 15 is 0 Å². The summed E-state index contributed by atoms with van der Waals surface area (Å²) in [5.41, 5.74) is 1.45. The predicted molar refractivity (Wildman–Crippen MR) is 83.6 cm³/mol. The molecular weight excluding hydrogens is 292 g/mol. The molecule has 5 heteroatoms. The van der Waals surface area contributed by atoms with E-state index in [1.165, 1.54) is 4.88 Å². The highest BCUT2D eigenvalue weighted by Gasteiger charge is 2.09. The lowest BCUT2D eigenvalue weighted by Gasteiger charge is -2.07. The molecule has 1 N–H and O–H groups in total. The first-order valence-electron chi connectivity index (χ1n) is 6.66. The first-order chi connectivity index (χ1) is 9.69. The molecule has 0 aromatic carbocycles. The molecule has 0 aliphatic rings. The van der Waals surface area contributed by atoms with Gasteiger partial charge >= 0.3 is 0 Å². The van der Waals surface area contributed by atoms with Gasteiger partial charge in [-0.25, -0.2) is 4.98 Å². The fraction of sp³-hybridized carbons (Fsp3) is 0.333. The molecule has 0 radical (unpaired) electrons. The van der Waals surface area contributed by atoms with Crippen LogP contribution in [0.4, 0.5) is 0 Å². The van der Waals surface area contributed by atoms with Crippen molar-refractivity contribution >= 4 is 28.8 Å². The van der Waals surface area contributed by atoms with Crippen molar-refractivity contribution in [2.24, 2.45) is 0 Å². The zero-order valence-corrected chi connectivity index (χ0v) is 12.9. The number of carbonyl (C=O) groups is 1. The van der Waals surface area contributed by atoms with Gasteiger partial charge in [0.2, 0.25) is 0 Å². The lowest BCUT2D eigenvalue weighted by molar-refractivity contribution is 0.0954. The fourth-order valence-corrected chi connectivity index (χ4v) is 2.86. The van der Waals surface area contributed by atoms with E-state index in [1.54, 1.807) is 17.4 Å². The average Bonchev–Trinajstić information content (AvgIpc) is 2.91. The third-order valence-corrected chi connectivity index (χ3v) is 3.98. The summed E-state index contributed by atoms with van der Waals surface area (Å²) >= 11 is 7.66. The Labute approximate surface area is 128 Å². The van der Waals surface area contributed by atoms with Crippen LogP contribution in [0, 0.1) is 0 Å². The van der Waals surface area contributed by atoms with E-state index in [-0.39, 0.29) is 5.91 Å². The van der Waals surface area contributed by atoms with E-state index in [0.29, 0.717) is 17.3 Å². The van der Waals surface area contributed by atoms with Crippen LogP contribution in [0.1, 0.15) is 34.3 Å². The van der Waals surface area contributed by atoms with Gasteiger partial charge in [-0.05, 0) is 36.4 Å². The second kappa shape index (κ2) is 7.41. The zero-order valence-electron chi connectivity index (χ0n) is 11.4. The molecule has 2 aromatic heterocycles. The normalized spacial score (nSPS) is 10.5. The summed E-state index contributed by atoms with van der Waals surface area (Å²) in [7, 11) is 0. The maximum absolute atomic E-state index is 12.1. The summed E-state index contributed by atoms with van der Waals surface area (Å²) < 4.78 is 0. The van der Waals surface area contributed by atoms with Gasteiger partial charge < -0.3 is 5.32 Å². The number of rotatable bonds is 6. The quantitative estimate of drug-likeness (QED) is 0.826. The number of hydrogen-bond donors (Lipinski definition) is 1. The molecule has 2 aromatic rings. The molecule has 20 heavy (non-hydrogen) atoms. The summed E-state index contributed by atoms with van der Waals surface area (Å²) in [5.74, 6) is -0.0943. The molecule has 2 heterocycles. The number of carbonyl (C=O) groups excluding carboxylic acids is 1. The third-order valence-electron chi connectivity index (χ3n) is 2.85. The summed E-state index contributed by atoms with van der Waals surface area (Å²) in [6.45, 7) is 2.70. The summed E-state index contributed by atoms with van der Waals surface area (Å²) in [5, 5.41) is 5.33. The molecule has 0 saturated carbocycles. The van der Waals surface area contributed by atoms with Crippen LogP contribution >= 0.6 is 22.9 Å². The van der Waals surface area contributed by atoms with Crippen LogP contribution in [0.2, 0.25) is 5.15 Å². The van der Waals surface area contributed by atoms with Crippen molar-refractivity contribution in [3.8, 4) is 0 Å². The summed E-state index contributed by atoms with van der Waals surface area (Å²) in [6.07, 6.45) is 2.66. The van der Waals surface area contributed by atoms with Crippen LogP contribution in [0.15, 0.2) is 29.6 Å². The Morgan fingerprint density at radius 2 is 2.25 bits per heavy atom. The average molecular weight is 309 g/mol. The standard InChI is InChI=1S/C15H17ClN2OS/c1-2-4-12-9-11(10-14(16)18-12)15(19)17-7-6-13-5-3-8-20-13/h3,5,8-10H,2,4,6-7H2,1H3,(H,17,19). The van der Waals surface area contributed by atoms with Crippen LogP contribution in [-0.4, -0.2) is 17.4 Å². The van der Waals surface area contributed by atoms with Crippen molar-refractivity contribution in [1.29, 1.82) is 0 Å². The molecule has 0 fully saturated rings. The van der Waals surface area contributed by atoms with E-state index in [9.17, 15) is 4.79 Å². The number of aromatic nitrogens is 1. The Kier molecular flexibility index (Phi) is 5.56. The molecule has 106 valence electrons. The maximum atomic E-state index is 12.1. The molecule has 3 nitrogen and oxygen atoms in total. The predicted octanol–water partition coefficient (Wildman–Crippen LogP) is 3.72. The molecule has 0 saturated heterocycles. The van der Waals surface area contributed by atoms with E-state index in [4.69, 9.17) is 11.6 Å². The number of thiophene rings is 1. The van der Waals surface area contributed by atoms with Gasteiger partial charge in [0.25, 0.3) is 5.91 Å². The molecule has 0 atom stereocenters. The van der Waals surface area contributed by atoms with Gasteiger partial charge in [0.1, 0.15) is 5.15 Å². The minimum Gasteiger partial charge on any atom is -0.352 e. The van der Waals surface area contributed by atoms with E-state index in [0.717, 1.165) is 25.0 Å². The number of nitrogens with zero attached hydrogens (tertiary/aromatic N) is 1. The van der Waals surface area contributed by atoms with Gasteiger partial charge in [-0.15, -0.1) is 11.3 Å². The zero-order chi connectivity index (χ0) is 14.4. The van der Waals surface area contributed by atoms with Crippen molar-refractivity contribution in [3.63, 3.8) is 0 Å². The van der Waals surface area contributed by atoms with Crippen molar-refractivity contribution < 1.29 is 4.79 Å². The van der Waals surface area contributed by atoms with Gasteiger partial charge in [0.05, 0.1) is 0 Å². The number of nitrogens with one attached hydrogen (secondary N) is 1. The fourth-order valence-electron chi connectivity index (χ4n) is 1.92. The molecule has 0 aliphatic carbocycles. The second-order valence-corrected chi connectivity index (χ2v) is 5.92. The van der Waals surface area contributed by atoms with Gasteiger partial charge in [-0.2, -0.15) is 0 Å². The van der Waals surface area contributed by atoms with Crippen molar-refractivity contribution in [2.45, 2.75) is 26.2 Å². The SMILES string of the molecule is CCCc1cc(C(=O)NCCc2cccs2)cc(Cl)n1. The monoisotopic (exact) mass is 308 g/mol. The molecule has 0 bridgehead atoms. The minimum atomic E-state index is -0.0943. The topological polar surface area (TPSA) is 42.0 Å². The van der Waals surface area contributed by atoms with Crippen LogP contribution in [0.25, 0.3) is 0 Å². The lowest BCUT2D eigenvalue weighted by Crippen LogP contribution is -2.25. The van der Waals surface area contributed by atoms with Gasteiger partial charge in [0, 0.05) is 22.7 Å². The molecule has 0 spiro atoms. The van der Waals surface area contributed by atoms with Crippen LogP contribution in [0.5, 0.6) is 0 Å². The Hall–Kier alpha value is -1.39. The Balaban J connectivity index is 1.94. The summed E-state index contributed by atoms with van der Waals surface area (Å²) in [4.78, 5) is 17.6. The van der Waals surface area contributed by atoms with Crippen molar-refractivity contribution in [1.82, 2.24) is 10.3 Å². The Bertz CT molecular complexity index is 569. The number of halogens is 1. The highest BCUT2D eigenvalue weighted by molar-refractivity contribution is 7.09. The second-order valence-electron chi connectivity index (χ2n) is 4.51. The number of aryl methyl sites for hydroxylation is 1. The highest BCUT2D eigenvalue weighted by atomic mass is 35.5. The van der Waals surface area contributed by atoms with Crippen LogP contribution in [-0.2, 0) is 12.8 Å². The Morgan fingerprint density at radius 1 is 1.40 bits per heavy atom. The molecular formula is C15H17ClN2OS. The minimum absolute atomic E-state index is 0.0943. The van der Waals surface area contributed by atoms with Crippen LogP contribution < -0.4 is 5.32 Å². The Morgan fingerprint density at radius 3 is 2.95 bits per heavy atom. The van der Waals surface area contributed by atoms with Gasteiger partial charge in [-0.3, -0.25) is 4.79 Å². The molecule has 0 aliphatic heterocycles. The molecule has 0 unspecified atom stereocenters. The highest BCUT2D eigenvalue weighted by Crippen LogP contribution is 2.13. The molecule has 2 rings (SSSR count). The number of pyridine rings is 1. The van der Waals surface area contributed by atoms with E-state index < -0.39 is 0 Å². The first kappa shape index (κ1) is 15.0. The maximum Gasteiger partial charge on any atom is 0.251 e. The third kappa shape index (κ3) is 4.32. The lowest BCUT2D eigenvalue weighted by atomic mass is 10.1. The van der Waals surface area contributed by atoms with Gasteiger partial charge in [-0.1, -0.05) is 31.0 Å². The number of hydrogen-bond acceptors (Lipinski definition) is 3. The van der Waals surface area contributed by atoms with E-state index in [1.807, 2.05) is 17.5 Å². The van der Waals surface area contributed by atoms with Crippen molar-refractivity contribution in [3.05, 3.63) is 50.9 Å². The van der Waals surface area contributed by atoms with Crippen molar-refractivity contribution in [2.75, 3.05) is 6.54 Å². The smallest absolute Gasteiger partial charge is 0.251 e. The van der Waals surface area contributed by atoms with Gasteiger partial charge in [0.15, 0.2) is 0 Å². The van der Waals surface area contributed by atoms with E-state index in [2.05, 4.69) is 23.3 Å². The number of amides is 1. The largest absolute Gasteiger partial charge is 0.352 e. The molecule has 1 amide bonds. The van der Waals surface area contributed by atoms with Crippen LogP contribution in [0.3, 0.4) is 0 Å². The first-order valence-corrected chi connectivity index (χ1v) is 7.92. The summed E-state index contributed by atoms with van der Waals surface area (Å²) in [6, 6.07) is 7.51.